The average Bonchev–Trinajstić information content (AvgIpc) is 2.77. The van der Waals surface area contributed by atoms with Crippen LogP contribution >= 0.6 is 12.4 Å². The zero-order chi connectivity index (χ0) is 19.4. The van der Waals surface area contributed by atoms with Crippen molar-refractivity contribution in [3.8, 4) is 11.1 Å². The lowest BCUT2D eigenvalue weighted by atomic mass is 9.81. The van der Waals surface area contributed by atoms with Gasteiger partial charge in [-0.1, -0.05) is 66.7 Å². The summed E-state index contributed by atoms with van der Waals surface area (Å²) in [6, 6.07) is 24.3. The van der Waals surface area contributed by atoms with E-state index in [2.05, 4.69) is 5.32 Å². The van der Waals surface area contributed by atoms with Gasteiger partial charge in [0.15, 0.2) is 0 Å². The SMILES string of the molecule is Cl.OC(Cc1cc(-c2ccccc2)ccc1F)(c1ccccc1)C1CNCCO1. The van der Waals surface area contributed by atoms with Crippen molar-refractivity contribution in [3.63, 3.8) is 0 Å². The number of aliphatic hydroxyl groups is 1. The molecule has 2 unspecified atom stereocenters. The number of halogens is 2. The second-order valence-electron chi connectivity index (χ2n) is 7.20. The fourth-order valence-electron chi connectivity index (χ4n) is 3.81. The first-order valence-electron chi connectivity index (χ1n) is 9.61. The molecular weight excluding hydrogens is 389 g/mol. The summed E-state index contributed by atoms with van der Waals surface area (Å²) in [5.74, 6) is -0.321. The zero-order valence-electron chi connectivity index (χ0n) is 16.1. The highest BCUT2D eigenvalue weighted by Crippen LogP contribution is 2.34. The lowest BCUT2D eigenvalue weighted by Gasteiger charge is -2.39. The Kier molecular flexibility index (Phi) is 7.04. The molecule has 1 fully saturated rings. The van der Waals surface area contributed by atoms with Gasteiger partial charge in [-0.15, -0.1) is 12.4 Å². The molecule has 29 heavy (non-hydrogen) atoms. The maximum Gasteiger partial charge on any atom is 0.126 e. The third kappa shape index (κ3) is 4.68. The monoisotopic (exact) mass is 413 g/mol. The van der Waals surface area contributed by atoms with E-state index in [4.69, 9.17) is 4.74 Å². The molecule has 3 aromatic carbocycles. The van der Waals surface area contributed by atoms with Gasteiger partial charge >= 0.3 is 0 Å². The Morgan fingerprint density at radius 3 is 2.31 bits per heavy atom. The standard InChI is InChI=1S/C24H24FNO2.ClH/c25-22-12-11-19(18-7-3-1-4-8-18)15-20(22)16-24(27,21-9-5-2-6-10-21)23-17-26-13-14-28-23;/h1-12,15,23,26-27H,13-14,16-17H2;1H. The maximum absolute atomic E-state index is 14.7. The lowest BCUT2D eigenvalue weighted by molar-refractivity contribution is -0.124. The molecule has 1 heterocycles. The molecule has 0 radical (unpaired) electrons. The minimum Gasteiger partial charge on any atom is -0.382 e. The fraction of sp³-hybridized carbons (Fsp3) is 0.250. The number of ether oxygens (including phenoxy) is 1. The van der Waals surface area contributed by atoms with Gasteiger partial charge in [-0.3, -0.25) is 0 Å². The van der Waals surface area contributed by atoms with E-state index in [0.717, 1.165) is 23.2 Å². The van der Waals surface area contributed by atoms with Crippen LogP contribution in [-0.2, 0) is 16.8 Å². The normalized spacial score (nSPS) is 18.5. The molecule has 0 aliphatic carbocycles. The van der Waals surface area contributed by atoms with Gasteiger partial charge in [0.2, 0.25) is 0 Å². The Morgan fingerprint density at radius 2 is 1.66 bits per heavy atom. The van der Waals surface area contributed by atoms with E-state index in [9.17, 15) is 9.50 Å². The van der Waals surface area contributed by atoms with Gasteiger partial charge in [-0.2, -0.15) is 0 Å². The minimum atomic E-state index is -1.33. The Hall–Kier alpha value is -2.24. The van der Waals surface area contributed by atoms with Gasteiger partial charge in [-0.25, -0.2) is 4.39 Å². The van der Waals surface area contributed by atoms with Gasteiger partial charge < -0.3 is 15.2 Å². The molecule has 1 aliphatic rings. The summed E-state index contributed by atoms with van der Waals surface area (Å²) in [6.45, 7) is 1.79. The summed E-state index contributed by atoms with van der Waals surface area (Å²) < 4.78 is 20.6. The molecule has 152 valence electrons. The highest BCUT2D eigenvalue weighted by Gasteiger charge is 2.41. The van der Waals surface area contributed by atoms with Crippen LogP contribution in [0.5, 0.6) is 0 Å². The summed E-state index contributed by atoms with van der Waals surface area (Å²) in [7, 11) is 0. The number of rotatable bonds is 5. The Morgan fingerprint density at radius 1 is 0.966 bits per heavy atom. The maximum atomic E-state index is 14.7. The van der Waals surface area contributed by atoms with Crippen LogP contribution < -0.4 is 5.32 Å². The number of hydrogen-bond acceptors (Lipinski definition) is 3. The van der Waals surface area contributed by atoms with Crippen molar-refractivity contribution in [2.24, 2.45) is 0 Å². The Labute approximate surface area is 177 Å². The zero-order valence-corrected chi connectivity index (χ0v) is 16.9. The number of hydrogen-bond donors (Lipinski definition) is 2. The van der Waals surface area contributed by atoms with E-state index >= 15 is 0 Å². The second-order valence-corrected chi connectivity index (χ2v) is 7.20. The lowest BCUT2D eigenvalue weighted by Crippen LogP contribution is -2.52. The third-order valence-electron chi connectivity index (χ3n) is 5.35. The highest BCUT2D eigenvalue weighted by atomic mass is 35.5. The first-order chi connectivity index (χ1) is 13.7. The first-order valence-corrected chi connectivity index (χ1v) is 9.61. The molecule has 0 spiro atoms. The number of nitrogens with one attached hydrogen (secondary N) is 1. The van der Waals surface area contributed by atoms with Gasteiger partial charge in [0.25, 0.3) is 0 Å². The highest BCUT2D eigenvalue weighted by molar-refractivity contribution is 5.85. The number of benzene rings is 3. The van der Waals surface area contributed by atoms with Crippen molar-refractivity contribution < 1.29 is 14.2 Å². The van der Waals surface area contributed by atoms with Gasteiger partial charge in [0, 0.05) is 19.5 Å². The van der Waals surface area contributed by atoms with Crippen LogP contribution in [-0.4, -0.2) is 30.9 Å². The van der Waals surface area contributed by atoms with Crippen LogP contribution in [0.4, 0.5) is 4.39 Å². The van der Waals surface area contributed by atoms with Gasteiger partial charge in [0.1, 0.15) is 17.5 Å². The largest absolute Gasteiger partial charge is 0.382 e. The quantitative estimate of drug-likeness (QED) is 0.654. The van der Waals surface area contributed by atoms with E-state index in [1.807, 2.05) is 66.7 Å². The van der Waals surface area contributed by atoms with E-state index in [1.165, 1.54) is 6.07 Å². The molecule has 1 aliphatic heterocycles. The van der Waals surface area contributed by atoms with Crippen LogP contribution in [0.1, 0.15) is 11.1 Å². The summed E-state index contributed by atoms with van der Waals surface area (Å²) >= 11 is 0. The predicted octanol–water partition coefficient (Wildman–Crippen LogP) is 4.33. The molecule has 3 aromatic rings. The van der Waals surface area contributed by atoms with Gasteiger partial charge in [0.05, 0.1) is 6.61 Å². The van der Waals surface area contributed by atoms with Crippen molar-refractivity contribution in [1.82, 2.24) is 5.32 Å². The molecule has 0 amide bonds. The van der Waals surface area contributed by atoms with E-state index in [1.54, 1.807) is 6.07 Å². The molecule has 0 aromatic heterocycles. The molecule has 0 bridgehead atoms. The summed E-state index contributed by atoms with van der Waals surface area (Å²) in [6.07, 6.45) is -0.320. The van der Waals surface area contributed by atoms with Crippen molar-refractivity contribution >= 4 is 12.4 Å². The van der Waals surface area contributed by atoms with Crippen LogP contribution in [0.3, 0.4) is 0 Å². The molecule has 4 rings (SSSR count). The Balaban J connectivity index is 0.00000240. The van der Waals surface area contributed by atoms with E-state index in [0.29, 0.717) is 18.7 Å². The van der Waals surface area contributed by atoms with Crippen molar-refractivity contribution in [1.29, 1.82) is 0 Å². The summed E-state index contributed by atoms with van der Waals surface area (Å²) in [4.78, 5) is 0. The van der Waals surface area contributed by atoms with Crippen LogP contribution in [0.2, 0.25) is 0 Å². The first kappa shape index (κ1) is 21.5. The molecular formula is C24H25ClFNO2. The molecule has 0 saturated carbocycles. The topological polar surface area (TPSA) is 41.5 Å². The van der Waals surface area contributed by atoms with Crippen molar-refractivity contribution in [3.05, 3.63) is 95.8 Å². The van der Waals surface area contributed by atoms with E-state index < -0.39 is 11.7 Å². The second kappa shape index (κ2) is 9.51. The fourth-order valence-corrected chi connectivity index (χ4v) is 3.81. The molecule has 2 N–H and O–H groups in total. The molecule has 1 saturated heterocycles. The Bertz CT molecular complexity index is 917. The van der Waals surface area contributed by atoms with E-state index in [-0.39, 0.29) is 24.6 Å². The summed E-state index contributed by atoms with van der Waals surface area (Å²) in [5.41, 5.74) is 1.82. The van der Waals surface area contributed by atoms with Crippen molar-refractivity contribution in [2.45, 2.75) is 18.1 Å². The molecule has 3 nitrogen and oxygen atoms in total. The number of morpholine rings is 1. The predicted molar refractivity (Wildman–Crippen MR) is 116 cm³/mol. The smallest absolute Gasteiger partial charge is 0.126 e. The minimum absolute atomic E-state index is 0. The van der Waals surface area contributed by atoms with Crippen LogP contribution in [0, 0.1) is 5.82 Å². The van der Waals surface area contributed by atoms with Gasteiger partial charge in [-0.05, 0) is 34.4 Å². The van der Waals surface area contributed by atoms with Crippen molar-refractivity contribution in [2.75, 3.05) is 19.7 Å². The average molecular weight is 414 g/mol. The third-order valence-corrected chi connectivity index (χ3v) is 5.35. The summed E-state index contributed by atoms with van der Waals surface area (Å²) in [5, 5.41) is 15.0. The molecule has 5 heteroatoms. The molecule has 2 atom stereocenters. The van der Waals surface area contributed by atoms with Crippen LogP contribution in [0.15, 0.2) is 78.9 Å². The van der Waals surface area contributed by atoms with Crippen LogP contribution in [0.25, 0.3) is 11.1 Å².